The van der Waals surface area contributed by atoms with E-state index in [1.807, 2.05) is 23.1 Å². The van der Waals surface area contributed by atoms with Crippen LogP contribution in [0.4, 0.5) is 0 Å². The van der Waals surface area contributed by atoms with Crippen molar-refractivity contribution in [3.05, 3.63) is 66.1 Å². The molecule has 1 aromatic carbocycles. The molecule has 2 N–H and O–H groups in total. The molecule has 1 aliphatic carbocycles. The first-order chi connectivity index (χ1) is 13.7. The van der Waals surface area contributed by atoms with Crippen LogP contribution in [0.25, 0.3) is 10.9 Å². The highest BCUT2D eigenvalue weighted by Crippen LogP contribution is 2.25. The number of hydrogen-bond donors (Lipinski definition) is 2. The summed E-state index contributed by atoms with van der Waals surface area (Å²) in [6.45, 7) is 3.68. The van der Waals surface area contributed by atoms with Crippen LogP contribution in [0.2, 0.25) is 0 Å². The molecule has 1 amide bonds. The summed E-state index contributed by atoms with van der Waals surface area (Å²) in [4.78, 5) is 22.6. The molecule has 0 saturated heterocycles. The minimum atomic E-state index is 0.0902. The number of hydrogen-bond acceptors (Lipinski definition) is 3. The van der Waals surface area contributed by atoms with Crippen LogP contribution in [0.1, 0.15) is 48.7 Å². The van der Waals surface area contributed by atoms with E-state index in [4.69, 9.17) is 0 Å². The molecule has 0 bridgehead atoms. The highest BCUT2D eigenvalue weighted by Gasteiger charge is 2.29. The average Bonchev–Trinajstić information content (AvgIpc) is 3.18. The van der Waals surface area contributed by atoms with Crippen molar-refractivity contribution in [1.82, 2.24) is 20.2 Å². The number of fused-ring (bicyclic) bond motifs is 1. The Kier molecular flexibility index (Phi) is 5.72. The van der Waals surface area contributed by atoms with Gasteiger partial charge in [0, 0.05) is 48.5 Å². The van der Waals surface area contributed by atoms with Gasteiger partial charge in [0.25, 0.3) is 5.91 Å². The predicted molar refractivity (Wildman–Crippen MR) is 112 cm³/mol. The largest absolute Gasteiger partial charge is 0.350 e. The minimum absolute atomic E-state index is 0.0902. The standard InChI is InChI=1S/C23H28N4O/c1-2-27(23(28)22-13-18-16-24-12-11-21(18)26-22)20-10-6-9-19(14-20)25-15-17-7-4-3-5-8-17/h3-5,7-8,11-13,16,19-20,25-26H,2,6,9-10,14-15H2,1H3/t19-,20+/m1/s1. The van der Waals surface area contributed by atoms with Crippen molar-refractivity contribution in [2.45, 2.75) is 51.2 Å². The van der Waals surface area contributed by atoms with E-state index in [9.17, 15) is 4.79 Å². The average molecular weight is 377 g/mol. The molecule has 0 spiro atoms. The number of rotatable bonds is 6. The lowest BCUT2D eigenvalue weighted by Crippen LogP contribution is -2.46. The first-order valence-electron chi connectivity index (χ1n) is 10.3. The number of carbonyl (C=O) groups is 1. The van der Waals surface area contributed by atoms with Crippen LogP contribution in [0, 0.1) is 0 Å². The zero-order valence-corrected chi connectivity index (χ0v) is 16.4. The van der Waals surface area contributed by atoms with Gasteiger partial charge in [-0.1, -0.05) is 30.3 Å². The number of nitrogens with zero attached hydrogens (tertiary/aromatic N) is 2. The molecule has 4 rings (SSSR count). The molecule has 2 atom stereocenters. The Hall–Kier alpha value is -2.66. The number of nitrogens with one attached hydrogen (secondary N) is 2. The lowest BCUT2D eigenvalue weighted by Gasteiger charge is -2.37. The molecule has 5 nitrogen and oxygen atoms in total. The fourth-order valence-electron chi connectivity index (χ4n) is 4.30. The Labute approximate surface area is 166 Å². The summed E-state index contributed by atoms with van der Waals surface area (Å²) < 4.78 is 0. The van der Waals surface area contributed by atoms with Crippen molar-refractivity contribution in [3.8, 4) is 0 Å². The van der Waals surface area contributed by atoms with Crippen molar-refractivity contribution in [2.24, 2.45) is 0 Å². The van der Waals surface area contributed by atoms with Gasteiger partial charge in [0.15, 0.2) is 0 Å². The summed E-state index contributed by atoms with van der Waals surface area (Å²) in [7, 11) is 0. The molecule has 1 aliphatic rings. The maximum Gasteiger partial charge on any atom is 0.270 e. The number of pyridine rings is 1. The van der Waals surface area contributed by atoms with E-state index < -0.39 is 0 Å². The van der Waals surface area contributed by atoms with Crippen LogP contribution >= 0.6 is 0 Å². The molecule has 2 heterocycles. The van der Waals surface area contributed by atoms with Crippen molar-refractivity contribution >= 4 is 16.8 Å². The molecule has 146 valence electrons. The number of benzene rings is 1. The Bertz CT molecular complexity index is 888. The minimum Gasteiger partial charge on any atom is -0.350 e. The van der Waals surface area contributed by atoms with Crippen LogP contribution in [0.15, 0.2) is 54.9 Å². The van der Waals surface area contributed by atoms with Gasteiger partial charge in [-0.2, -0.15) is 0 Å². The lowest BCUT2D eigenvalue weighted by molar-refractivity contribution is 0.0623. The van der Waals surface area contributed by atoms with Crippen molar-refractivity contribution in [3.63, 3.8) is 0 Å². The van der Waals surface area contributed by atoms with Gasteiger partial charge >= 0.3 is 0 Å². The summed E-state index contributed by atoms with van der Waals surface area (Å²) in [6.07, 6.45) is 7.95. The van der Waals surface area contributed by atoms with Gasteiger partial charge in [-0.05, 0) is 50.3 Å². The number of carbonyl (C=O) groups excluding carboxylic acids is 1. The second-order valence-electron chi connectivity index (χ2n) is 7.62. The number of aromatic nitrogens is 2. The first-order valence-corrected chi connectivity index (χ1v) is 10.3. The Morgan fingerprint density at radius 3 is 2.89 bits per heavy atom. The fraction of sp³-hybridized carbons (Fsp3) is 0.391. The summed E-state index contributed by atoms with van der Waals surface area (Å²) in [6, 6.07) is 15.1. The van der Waals surface area contributed by atoms with Crippen LogP contribution in [0.3, 0.4) is 0 Å². The molecule has 3 aromatic rings. The van der Waals surface area contributed by atoms with Gasteiger partial charge in [0.1, 0.15) is 5.69 Å². The van der Waals surface area contributed by atoms with Crippen molar-refractivity contribution in [2.75, 3.05) is 6.54 Å². The molecule has 0 radical (unpaired) electrons. The van der Waals surface area contributed by atoms with Crippen LogP contribution in [-0.4, -0.2) is 39.4 Å². The first kappa shape index (κ1) is 18.7. The Morgan fingerprint density at radius 1 is 1.25 bits per heavy atom. The fourth-order valence-corrected chi connectivity index (χ4v) is 4.30. The summed E-state index contributed by atoms with van der Waals surface area (Å²) in [5.41, 5.74) is 2.92. The van der Waals surface area contributed by atoms with E-state index in [-0.39, 0.29) is 11.9 Å². The Balaban J connectivity index is 1.42. The third-order valence-corrected chi connectivity index (χ3v) is 5.78. The molecular formula is C23H28N4O. The number of aromatic amines is 1. The highest BCUT2D eigenvalue weighted by molar-refractivity contribution is 5.98. The highest BCUT2D eigenvalue weighted by atomic mass is 16.2. The number of H-pyrrole nitrogens is 1. The van der Waals surface area contributed by atoms with E-state index in [1.165, 1.54) is 12.0 Å². The zero-order chi connectivity index (χ0) is 19.3. The SMILES string of the molecule is CCN(C(=O)c1cc2cnccc2[nH]1)[C@H]1CCC[C@@H](NCc2ccccc2)C1. The maximum atomic E-state index is 13.2. The second kappa shape index (κ2) is 8.57. The normalized spacial score (nSPS) is 19.6. The lowest BCUT2D eigenvalue weighted by atomic mass is 9.89. The molecule has 1 saturated carbocycles. The van der Waals surface area contributed by atoms with Gasteiger partial charge in [-0.3, -0.25) is 9.78 Å². The maximum absolute atomic E-state index is 13.2. The zero-order valence-electron chi connectivity index (χ0n) is 16.4. The second-order valence-corrected chi connectivity index (χ2v) is 7.62. The third-order valence-electron chi connectivity index (χ3n) is 5.78. The monoisotopic (exact) mass is 376 g/mol. The van der Waals surface area contributed by atoms with E-state index in [0.717, 1.165) is 43.3 Å². The van der Waals surface area contributed by atoms with Gasteiger partial charge in [-0.15, -0.1) is 0 Å². The van der Waals surface area contributed by atoms with Crippen LogP contribution in [-0.2, 0) is 6.54 Å². The number of amides is 1. The van der Waals surface area contributed by atoms with Gasteiger partial charge in [0.05, 0.1) is 0 Å². The third kappa shape index (κ3) is 4.09. The van der Waals surface area contributed by atoms with Gasteiger partial charge in [0.2, 0.25) is 0 Å². The topological polar surface area (TPSA) is 61.0 Å². The van der Waals surface area contributed by atoms with Crippen molar-refractivity contribution in [1.29, 1.82) is 0 Å². The molecule has 5 heteroatoms. The van der Waals surface area contributed by atoms with Gasteiger partial charge in [-0.25, -0.2) is 0 Å². The van der Waals surface area contributed by atoms with Gasteiger partial charge < -0.3 is 15.2 Å². The van der Waals surface area contributed by atoms with E-state index in [2.05, 4.69) is 46.5 Å². The van der Waals surface area contributed by atoms with Crippen LogP contribution in [0.5, 0.6) is 0 Å². The molecule has 2 aromatic heterocycles. The van der Waals surface area contributed by atoms with E-state index >= 15 is 0 Å². The Morgan fingerprint density at radius 2 is 2.11 bits per heavy atom. The molecule has 0 unspecified atom stereocenters. The molecular weight excluding hydrogens is 348 g/mol. The van der Waals surface area contributed by atoms with Crippen LogP contribution < -0.4 is 5.32 Å². The van der Waals surface area contributed by atoms with E-state index in [0.29, 0.717) is 11.7 Å². The molecule has 0 aliphatic heterocycles. The van der Waals surface area contributed by atoms with E-state index in [1.54, 1.807) is 12.4 Å². The smallest absolute Gasteiger partial charge is 0.270 e. The molecule has 28 heavy (non-hydrogen) atoms. The summed E-state index contributed by atoms with van der Waals surface area (Å²) >= 11 is 0. The summed E-state index contributed by atoms with van der Waals surface area (Å²) in [5.74, 6) is 0.0902. The van der Waals surface area contributed by atoms with Crippen molar-refractivity contribution < 1.29 is 4.79 Å². The summed E-state index contributed by atoms with van der Waals surface area (Å²) in [5, 5.41) is 4.67. The predicted octanol–water partition coefficient (Wildman–Crippen LogP) is 4.13. The quantitative estimate of drug-likeness (QED) is 0.680. The molecule has 1 fully saturated rings.